The van der Waals surface area contributed by atoms with Crippen molar-refractivity contribution in [2.75, 3.05) is 5.32 Å². The van der Waals surface area contributed by atoms with Crippen LogP contribution in [0, 0.1) is 0 Å². The summed E-state index contributed by atoms with van der Waals surface area (Å²) in [7, 11) is 0. The lowest BCUT2D eigenvalue weighted by atomic mass is 10.1. The van der Waals surface area contributed by atoms with Gasteiger partial charge in [0.2, 0.25) is 0 Å². The highest BCUT2D eigenvalue weighted by Crippen LogP contribution is 2.29. The number of benzene rings is 2. The number of aromatic hydroxyl groups is 1. The molecule has 1 aromatic heterocycles. The molecule has 106 valence electrons. The van der Waals surface area contributed by atoms with Gasteiger partial charge in [-0.3, -0.25) is 4.98 Å². The van der Waals surface area contributed by atoms with Crippen LogP contribution in [0.4, 0.5) is 11.4 Å². The predicted octanol–water partition coefficient (Wildman–Crippen LogP) is 3.80. The summed E-state index contributed by atoms with van der Waals surface area (Å²) in [5.41, 5.74) is 8.75. The summed E-state index contributed by atoms with van der Waals surface area (Å²) in [5, 5.41) is 14.8. The van der Waals surface area contributed by atoms with Crippen LogP contribution in [-0.2, 0) is 6.54 Å². The third-order valence-electron chi connectivity index (χ3n) is 3.29. The first-order valence-corrected chi connectivity index (χ1v) is 6.88. The van der Waals surface area contributed by atoms with Gasteiger partial charge >= 0.3 is 0 Å². The largest absolute Gasteiger partial charge is 0.508 e. The molecule has 0 bridgehead atoms. The van der Waals surface area contributed by atoms with E-state index in [0.29, 0.717) is 17.1 Å². The molecule has 0 aliphatic rings. The molecule has 0 fully saturated rings. The van der Waals surface area contributed by atoms with Crippen LogP contribution in [-0.4, -0.2) is 10.1 Å². The average Bonchev–Trinajstić information content (AvgIpc) is 2.47. The van der Waals surface area contributed by atoms with E-state index < -0.39 is 0 Å². The van der Waals surface area contributed by atoms with Crippen molar-refractivity contribution in [1.82, 2.24) is 4.98 Å². The molecule has 1 heterocycles. The molecule has 3 rings (SSSR count). The van der Waals surface area contributed by atoms with Crippen molar-refractivity contribution in [2.24, 2.45) is 5.73 Å². The van der Waals surface area contributed by atoms with Crippen molar-refractivity contribution in [3.05, 3.63) is 59.2 Å². The van der Waals surface area contributed by atoms with E-state index in [-0.39, 0.29) is 5.75 Å². The van der Waals surface area contributed by atoms with Crippen LogP contribution in [0.5, 0.6) is 5.75 Å². The number of nitrogens with zero attached hydrogens (tertiary/aromatic N) is 1. The number of pyridine rings is 1. The van der Waals surface area contributed by atoms with E-state index in [1.165, 1.54) is 0 Å². The fraction of sp³-hybridized carbons (Fsp3) is 0.0625. The second kappa shape index (κ2) is 5.60. The van der Waals surface area contributed by atoms with Crippen LogP contribution in [0.2, 0.25) is 5.02 Å². The summed E-state index contributed by atoms with van der Waals surface area (Å²) in [5.74, 6) is 0.184. The lowest BCUT2D eigenvalue weighted by molar-refractivity contribution is 0.469. The van der Waals surface area contributed by atoms with Crippen molar-refractivity contribution in [3.8, 4) is 5.75 Å². The van der Waals surface area contributed by atoms with E-state index in [4.69, 9.17) is 17.3 Å². The first kappa shape index (κ1) is 13.7. The maximum atomic E-state index is 9.87. The lowest BCUT2D eigenvalue weighted by Gasteiger charge is -2.11. The van der Waals surface area contributed by atoms with Crippen molar-refractivity contribution in [2.45, 2.75) is 6.54 Å². The number of rotatable bonds is 3. The molecule has 0 atom stereocenters. The zero-order chi connectivity index (χ0) is 14.8. The number of nitrogens with one attached hydrogen (secondary N) is 1. The standard InChI is InChI=1S/C16H14ClN3O/c17-11-2-4-13-14(5-6-19-15(13)7-11)20-12-3-1-10(9-18)16(21)8-12/h1-8,21H,9,18H2,(H,19,20). The molecule has 0 unspecified atom stereocenters. The van der Waals surface area contributed by atoms with Gasteiger partial charge in [0.05, 0.1) is 5.52 Å². The van der Waals surface area contributed by atoms with Gasteiger partial charge < -0.3 is 16.2 Å². The fourth-order valence-corrected chi connectivity index (χ4v) is 2.37. The zero-order valence-corrected chi connectivity index (χ0v) is 11.9. The van der Waals surface area contributed by atoms with E-state index in [2.05, 4.69) is 10.3 Å². The van der Waals surface area contributed by atoms with E-state index >= 15 is 0 Å². The molecule has 0 radical (unpaired) electrons. The maximum Gasteiger partial charge on any atom is 0.122 e. The molecule has 0 aliphatic carbocycles. The van der Waals surface area contributed by atoms with E-state index in [1.54, 1.807) is 18.3 Å². The first-order chi connectivity index (χ1) is 10.2. The maximum absolute atomic E-state index is 9.87. The Hall–Kier alpha value is -2.30. The van der Waals surface area contributed by atoms with Crippen molar-refractivity contribution < 1.29 is 5.11 Å². The molecule has 0 aliphatic heterocycles. The van der Waals surface area contributed by atoms with Gasteiger partial charge in [-0.25, -0.2) is 0 Å². The minimum absolute atomic E-state index is 0.184. The molecule has 0 saturated heterocycles. The van der Waals surface area contributed by atoms with Crippen LogP contribution in [0.25, 0.3) is 10.9 Å². The fourth-order valence-electron chi connectivity index (χ4n) is 2.20. The van der Waals surface area contributed by atoms with Gasteiger partial charge in [0.15, 0.2) is 0 Å². The van der Waals surface area contributed by atoms with Gasteiger partial charge in [-0.15, -0.1) is 0 Å². The Bertz CT molecular complexity index is 805. The molecule has 4 nitrogen and oxygen atoms in total. The van der Waals surface area contributed by atoms with Crippen LogP contribution in [0.1, 0.15) is 5.56 Å². The number of phenolic OH excluding ortho intramolecular Hbond substituents is 1. The summed E-state index contributed by atoms with van der Waals surface area (Å²) >= 11 is 5.98. The number of fused-ring (bicyclic) bond motifs is 1. The SMILES string of the molecule is NCc1ccc(Nc2ccnc3cc(Cl)ccc23)cc1O. The van der Waals surface area contributed by atoms with E-state index in [1.807, 2.05) is 30.3 Å². The quantitative estimate of drug-likeness (QED) is 0.688. The molecule has 3 aromatic rings. The lowest BCUT2D eigenvalue weighted by Crippen LogP contribution is -1.98. The highest BCUT2D eigenvalue weighted by Gasteiger charge is 2.05. The second-order valence-electron chi connectivity index (χ2n) is 4.69. The molecule has 0 saturated carbocycles. The van der Waals surface area contributed by atoms with Gasteiger partial charge in [0.25, 0.3) is 0 Å². The first-order valence-electron chi connectivity index (χ1n) is 6.50. The van der Waals surface area contributed by atoms with Crippen LogP contribution < -0.4 is 11.1 Å². The Labute approximate surface area is 127 Å². The van der Waals surface area contributed by atoms with Gasteiger partial charge in [-0.1, -0.05) is 17.7 Å². The highest BCUT2D eigenvalue weighted by molar-refractivity contribution is 6.31. The molecular weight excluding hydrogens is 286 g/mol. The van der Waals surface area contributed by atoms with Gasteiger partial charge in [-0.2, -0.15) is 0 Å². The van der Waals surface area contributed by atoms with Crippen molar-refractivity contribution in [1.29, 1.82) is 0 Å². The third-order valence-corrected chi connectivity index (χ3v) is 3.52. The Morgan fingerprint density at radius 3 is 2.76 bits per heavy atom. The number of hydrogen-bond acceptors (Lipinski definition) is 4. The Morgan fingerprint density at radius 2 is 2.00 bits per heavy atom. The average molecular weight is 300 g/mol. The predicted molar refractivity (Wildman–Crippen MR) is 86.0 cm³/mol. The van der Waals surface area contributed by atoms with Gasteiger partial charge in [0.1, 0.15) is 5.75 Å². The Morgan fingerprint density at radius 1 is 1.14 bits per heavy atom. The summed E-state index contributed by atoms with van der Waals surface area (Å²) in [6, 6.07) is 12.8. The number of phenols is 1. The Kier molecular flexibility index (Phi) is 3.64. The molecule has 21 heavy (non-hydrogen) atoms. The summed E-state index contributed by atoms with van der Waals surface area (Å²) in [6.07, 6.45) is 1.72. The van der Waals surface area contributed by atoms with Crippen LogP contribution >= 0.6 is 11.6 Å². The monoisotopic (exact) mass is 299 g/mol. The smallest absolute Gasteiger partial charge is 0.122 e. The summed E-state index contributed by atoms with van der Waals surface area (Å²) in [4.78, 5) is 4.30. The molecule has 2 aromatic carbocycles. The Balaban J connectivity index is 2.00. The van der Waals surface area contributed by atoms with Crippen LogP contribution in [0.15, 0.2) is 48.7 Å². The number of hydrogen-bond donors (Lipinski definition) is 3. The number of halogens is 1. The second-order valence-corrected chi connectivity index (χ2v) is 5.13. The topological polar surface area (TPSA) is 71.2 Å². The summed E-state index contributed by atoms with van der Waals surface area (Å²) < 4.78 is 0. The normalized spacial score (nSPS) is 10.8. The minimum Gasteiger partial charge on any atom is -0.508 e. The van der Waals surface area contributed by atoms with Crippen molar-refractivity contribution in [3.63, 3.8) is 0 Å². The number of nitrogens with two attached hydrogens (primary N) is 1. The van der Waals surface area contributed by atoms with Crippen molar-refractivity contribution >= 4 is 33.9 Å². The van der Waals surface area contributed by atoms with E-state index in [9.17, 15) is 5.11 Å². The van der Waals surface area contributed by atoms with E-state index in [0.717, 1.165) is 22.3 Å². The van der Waals surface area contributed by atoms with Gasteiger partial charge in [0, 0.05) is 46.2 Å². The summed E-state index contributed by atoms with van der Waals surface area (Å²) in [6.45, 7) is 0.308. The molecule has 5 heteroatoms. The number of anilines is 2. The molecule has 4 N–H and O–H groups in total. The van der Waals surface area contributed by atoms with Crippen LogP contribution in [0.3, 0.4) is 0 Å². The highest BCUT2D eigenvalue weighted by atomic mass is 35.5. The molecule has 0 amide bonds. The molecular formula is C16H14ClN3O. The van der Waals surface area contributed by atoms with Gasteiger partial charge in [-0.05, 0) is 30.3 Å². The third kappa shape index (κ3) is 2.77. The molecule has 0 spiro atoms. The zero-order valence-electron chi connectivity index (χ0n) is 11.2. The number of aromatic nitrogens is 1. The minimum atomic E-state index is 0.184.